The van der Waals surface area contributed by atoms with Crippen molar-refractivity contribution in [1.82, 2.24) is 0 Å². The molecule has 0 aromatic heterocycles. The number of carbonyl (C=O) groups is 2. The normalized spacial score (nSPS) is 18.7. The quantitative estimate of drug-likeness (QED) is 0.667. The predicted octanol–water partition coefficient (Wildman–Crippen LogP) is 4.43. The van der Waals surface area contributed by atoms with E-state index in [2.05, 4.69) is 0 Å². The van der Waals surface area contributed by atoms with Crippen molar-refractivity contribution in [2.75, 3.05) is 7.11 Å². The van der Waals surface area contributed by atoms with E-state index in [1.165, 1.54) is 7.11 Å². The van der Waals surface area contributed by atoms with Gasteiger partial charge in [-0.15, -0.1) is 0 Å². The molecular formula is C22H22F2O5. The summed E-state index contributed by atoms with van der Waals surface area (Å²) >= 11 is 0. The molecule has 0 atom stereocenters. The first kappa shape index (κ1) is 20.8. The van der Waals surface area contributed by atoms with Crippen LogP contribution in [0.2, 0.25) is 0 Å². The third-order valence-electron chi connectivity index (χ3n) is 4.96. The van der Waals surface area contributed by atoms with Gasteiger partial charge in [-0.3, -0.25) is 4.79 Å². The van der Waals surface area contributed by atoms with E-state index < -0.39 is 17.6 Å². The summed E-state index contributed by atoms with van der Waals surface area (Å²) in [4.78, 5) is 23.8. The van der Waals surface area contributed by atoms with Crippen LogP contribution in [-0.4, -0.2) is 25.2 Å². The molecule has 3 rings (SSSR count). The van der Waals surface area contributed by atoms with Gasteiger partial charge in [0.15, 0.2) is 11.6 Å². The molecule has 0 radical (unpaired) electrons. The Hall–Kier alpha value is -2.96. The number of ether oxygens (including phenoxy) is 3. The molecule has 0 amide bonds. The van der Waals surface area contributed by atoms with E-state index in [1.807, 2.05) is 6.07 Å². The van der Waals surface area contributed by atoms with Crippen LogP contribution in [0.3, 0.4) is 0 Å². The lowest BCUT2D eigenvalue weighted by atomic mass is 9.87. The third kappa shape index (κ3) is 5.31. The maximum atomic E-state index is 14.2. The maximum absolute atomic E-state index is 14.2. The van der Waals surface area contributed by atoms with Gasteiger partial charge in [-0.2, -0.15) is 0 Å². The van der Waals surface area contributed by atoms with Crippen molar-refractivity contribution in [3.05, 3.63) is 65.2 Å². The topological polar surface area (TPSA) is 61.8 Å². The molecule has 2 aromatic rings. The number of carbonyl (C=O) groups excluding carboxylic acids is 2. The largest absolute Gasteiger partial charge is 0.487 e. The van der Waals surface area contributed by atoms with Gasteiger partial charge < -0.3 is 14.2 Å². The van der Waals surface area contributed by atoms with E-state index in [1.54, 1.807) is 24.3 Å². The average Bonchev–Trinajstić information content (AvgIpc) is 2.74. The molecule has 0 N–H and O–H groups in total. The van der Waals surface area contributed by atoms with Gasteiger partial charge in [-0.1, -0.05) is 30.3 Å². The van der Waals surface area contributed by atoms with Crippen molar-refractivity contribution in [3.8, 4) is 5.75 Å². The molecule has 1 saturated carbocycles. The Morgan fingerprint density at radius 3 is 2.34 bits per heavy atom. The van der Waals surface area contributed by atoms with Crippen LogP contribution in [0.15, 0.2) is 42.5 Å². The minimum atomic E-state index is -1.01. The number of esters is 2. The molecule has 0 aliphatic heterocycles. The summed E-state index contributed by atoms with van der Waals surface area (Å²) in [7, 11) is 1.34. The first-order valence-electron chi connectivity index (χ1n) is 9.42. The highest BCUT2D eigenvalue weighted by atomic mass is 19.1. The maximum Gasteiger partial charge on any atom is 0.341 e. The summed E-state index contributed by atoms with van der Waals surface area (Å²) in [6, 6.07) is 10.6. The first-order valence-corrected chi connectivity index (χ1v) is 9.42. The molecule has 7 heteroatoms. The first-order chi connectivity index (χ1) is 14.0. The van der Waals surface area contributed by atoms with E-state index in [-0.39, 0.29) is 35.9 Å². The van der Waals surface area contributed by atoms with Gasteiger partial charge in [0, 0.05) is 12.1 Å². The molecule has 0 heterocycles. The highest BCUT2D eigenvalue weighted by Crippen LogP contribution is 2.30. The summed E-state index contributed by atoms with van der Waals surface area (Å²) < 4.78 is 43.8. The SMILES string of the molecule is COC(=O)[C@H]1CC[C@@H](Oc2cc(C(=O)OCc3ccccc3)c(F)cc2F)CC1. The van der Waals surface area contributed by atoms with Crippen molar-refractivity contribution < 1.29 is 32.6 Å². The van der Waals surface area contributed by atoms with E-state index in [4.69, 9.17) is 14.2 Å². The van der Waals surface area contributed by atoms with Crippen molar-refractivity contribution in [3.63, 3.8) is 0 Å². The molecule has 1 aliphatic rings. The lowest BCUT2D eigenvalue weighted by Gasteiger charge is -2.27. The highest BCUT2D eigenvalue weighted by molar-refractivity contribution is 5.90. The third-order valence-corrected chi connectivity index (χ3v) is 4.96. The Labute approximate surface area is 167 Å². The Morgan fingerprint density at radius 2 is 1.69 bits per heavy atom. The van der Waals surface area contributed by atoms with Crippen LogP contribution in [0, 0.1) is 17.6 Å². The van der Waals surface area contributed by atoms with Gasteiger partial charge in [-0.05, 0) is 31.2 Å². The van der Waals surface area contributed by atoms with Gasteiger partial charge >= 0.3 is 11.9 Å². The number of rotatable bonds is 6. The minimum absolute atomic E-state index is 0.0236. The van der Waals surface area contributed by atoms with E-state index in [0.29, 0.717) is 31.7 Å². The summed E-state index contributed by atoms with van der Waals surface area (Å²) in [6.07, 6.45) is 1.86. The fraction of sp³-hybridized carbons (Fsp3) is 0.364. The van der Waals surface area contributed by atoms with Crippen LogP contribution in [0.25, 0.3) is 0 Å². The van der Waals surface area contributed by atoms with Gasteiger partial charge in [0.05, 0.1) is 24.7 Å². The second kappa shape index (κ2) is 9.49. The second-order valence-electron chi connectivity index (χ2n) is 6.94. The fourth-order valence-electron chi connectivity index (χ4n) is 3.34. The number of hydrogen-bond donors (Lipinski definition) is 0. The van der Waals surface area contributed by atoms with Gasteiger partial charge in [0.1, 0.15) is 12.4 Å². The van der Waals surface area contributed by atoms with Crippen molar-refractivity contribution in [1.29, 1.82) is 0 Å². The van der Waals surface area contributed by atoms with Crippen LogP contribution >= 0.6 is 0 Å². The zero-order valence-corrected chi connectivity index (χ0v) is 16.0. The van der Waals surface area contributed by atoms with Gasteiger partial charge in [0.2, 0.25) is 0 Å². The van der Waals surface area contributed by atoms with E-state index >= 15 is 0 Å². The van der Waals surface area contributed by atoms with Crippen LogP contribution in [0.5, 0.6) is 5.75 Å². The molecule has 0 saturated heterocycles. The molecule has 1 fully saturated rings. The Kier molecular flexibility index (Phi) is 6.80. The van der Waals surface area contributed by atoms with Crippen molar-refractivity contribution in [2.45, 2.75) is 38.4 Å². The van der Waals surface area contributed by atoms with Crippen molar-refractivity contribution in [2.24, 2.45) is 5.92 Å². The number of benzene rings is 2. The lowest BCUT2D eigenvalue weighted by molar-refractivity contribution is -0.147. The van der Waals surface area contributed by atoms with Crippen LogP contribution in [-0.2, 0) is 20.9 Å². The molecular weight excluding hydrogens is 382 g/mol. The summed E-state index contributed by atoms with van der Waals surface area (Å²) in [6.45, 7) is -0.0236. The van der Waals surface area contributed by atoms with Crippen LogP contribution in [0.1, 0.15) is 41.6 Å². The molecule has 0 unspecified atom stereocenters. The van der Waals surface area contributed by atoms with E-state index in [9.17, 15) is 18.4 Å². The minimum Gasteiger partial charge on any atom is -0.487 e. The Morgan fingerprint density at radius 1 is 1.00 bits per heavy atom. The number of methoxy groups -OCH3 is 1. The highest BCUT2D eigenvalue weighted by Gasteiger charge is 2.29. The zero-order chi connectivity index (χ0) is 20.8. The second-order valence-corrected chi connectivity index (χ2v) is 6.94. The predicted molar refractivity (Wildman–Crippen MR) is 100 cm³/mol. The number of hydrogen-bond acceptors (Lipinski definition) is 5. The molecule has 2 aromatic carbocycles. The lowest BCUT2D eigenvalue weighted by Crippen LogP contribution is -2.29. The molecule has 154 valence electrons. The van der Waals surface area contributed by atoms with Gasteiger partial charge in [0.25, 0.3) is 0 Å². The monoisotopic (exact) mass is 404 g/mol. The smallest absolute Gasteiger partial charge is 0.341 e. The Bertz CT molecular complexity index is 861. The van der Waals surface area contributed by atoms with Crippen LogP contribution < -0.4 is 4.74 Å². The fourth-order valence-corrected chi connectivity index (χ4v) is 3.34. The molecule has 5 nitrogen and oxygen atoms in total. The summed E-state index contributed by atoms with van der Waals surface area (Å²) in [5.74, 6) is -3.47. The van der Waals surface area contributed by atoms with E-state index in [0.717, 1.165) is 11.6 Å². The molecule has 0 spiro atoms. The molecule has 29 heavy (non-hydrogen) atoms. The summed E-state index contributed by atoms with van der Waals surface area (Å²) in [5, 5.41) is 0. The van der Waals surface area contributed by atoms with Crippen molar-refractivity contribution >= 4 is 11.9 Å². The van der Waals surface area contributed by atoms with Gasteiger partial charge in [-0.25, -0.2) is 13.6 Å². The molecule has 1 aliphatic carbocycles. The average molecular weight is 404 g/mol. The summed E-state index contributed by atoms with van der Waals surface area (Å²) in [5.41, 5.74) is 0.364. The Balaban J connectivity index is 1.64. The number of halogens is 2. The zero-order valence-electron chi connectivity index (χ0n) is 16.0. The standard InChI is InChI=1S/C22H22F2O5/c1-27-21(25)15-7-9-16(10-8-15)29-20-11-17(18(23)12-19(20)24)22(26)28-13-14-5-3-2-4-6-14/h2-6,11-12,15-16H,7-10,13H2,1H3/t15-,16+. The van der Waals surface area contributed by atoms with Crippen LogP contribution in [0.4, 0.5) is 8.78 Å². The molecule has 0 bridgehead atoms.